The molecule has 0 aliphatic carbocycles. The fraction of sp³-hybridized carbons (Fsp3) is 0.100. The van der Waals surface area contributed by atoms with Gasteiger partial charge < -0.3 is 9.30 Å². The highest BCUT2D eigenvalue weighted by Gasteiger charge is 2.39. The molecule has 0 bridgehead atoms. The van der Waals surface area contributed by atoms with Crippen LogP contribution in [-0.2, 0) is 4.57 Å². The molecule has 0 spiro atoms. The maximum Gasteiger partial charge on any atom is 0.178 e. The van der Waals surface area contributed by atoms with E-state index in [4.69, 9.17) is 4.74 Å². The van der Waals surface area contributed by atoms with Crippen LogP contribution in [0.25, 0.3) is 0 Å². The summed E-state index contributed by atoms with van der Waals surface area (Å²) in [6.07, 6.45) is 0. The normalized spacial score (nSPS) is 14.5. The molecule has 4 rings (SSSR count). The Hall–Kier alpha value is -2.31. The zero-order valence-electron chi connectivity index (χ0n) is 13.1. The van der Waals surface area contributed by atoms with Crippen LogP contribution in [0.1, 0.15) is 11.1 Å². The van der Waals surface area contributed by atoms with Crippen LogP contribution in [0.15, 0.2) is 66.7 Å². The Kier molecular flexibility index (Phi) is 3.18. The van der Waals surface area contributed by atoms with Crippen molar-refractivity contribution in [1.29, 1.82) is 0 Å². The zero-order valence-corrected chi connectivity index (χ0v) is 14.0. The van der Waals surface area contributed by atoms with Gasteiger partial charge in [-0.25, -0.2) is 0 Å². The molecular formula is C20H17O2P. The van der Waals surface area contributed by atoms with Crippen LogP contribution in [-0.4, -0.2) is 0 Å². The second kappa shape index (κ2) is 5.11. The van der Waals surface area contributed by atoms with Crippen molar-refractivity contribution in [3.63, 3.8) is 0 Å². The maximum atomic E-state index is 14.3. The average Bonchev–Trinajstić information content (AvgIpc) is 2.57. The lowest BCUT2D eigenvalue weighted by Crippen LogP contribution is -2.31. The number of benzene rings is 3. The molecule has 1 aliphatic heterocycles. The molecule has 3 heteroatoms. The van der Waals surface area contributed by atoms with Crippen molar-refractivity contribution in [3.05, 3.63) is 77.9 Å². The summed E-state index contributed by atoms with van der Waals surface area (Å²) in [5.41, 5.74) is 2.17. The molecule has 1 aliphatic rings. The molecule has 1 heterocycles. The van der Waals surface area contributed by atoms with Crippen molar-refractivity contribution in [3.8, 4) is 11.5 Å². The van der Waals surface area contributed by atoms with E-state index in [0.29, 0.717) is 11.5 Å². The molecule has 0 saturated heterocycles. The van der Waals surface area contributed by atoms with Gasteiger partial charge in [0, 0.05) is 5.30 Å². The van der Waals surface area contributed by atoms with Gasteiger partial charge in [0.1, 0.15) is 11.5 Å². The van der Waals surface area contributed by atoms with Crippen molar-refractivity contribution in [2.24, 2.45) is 0 Å². The molecule has 0 aromatic heterocycles. The molecule has 2 nitrogen and oxygen atoms in total. The average molecular weight is 320 g/mol. The number of fused-ring (bicyclic) bond motifs is 2. The first-order valence-corrected chi connectivity index (χ1v) is 9.36. The van der Waals surface area contributed by atoms with Gasteiger partial charge in [0.2, 0.25) is 0 Å². The number of rotatable bonds is 1. The van der Waals surface area contributed by atoms with E-state index in [1.54, 1.807) is 0 Å². The van der Waals surface area contributed by atoms with Crippen LogP contribution < -0.4 is 20.7 Å². The highest BCUT2D eigenvalue weighted by atomic mass is 31.2. The van der Waals surface area contributed by atoms with Crippen LogP contribution in [0, 0.1) is 13.8 Å². The van der Waals surface area contributed by atoms with E-state index in [1.165, 1.54) is 0 Å². The van der Waals surface area contributed by atoms with Gasteiger partial charge in [-0.15, -0.1) is 0 Å². The summed E-state index contributed by atoms with van der Waals surface area (Å²) in [4.78, 5) is 0. The second-order valence-electron chi connectivity index (χ2n) is 5.99. The largest absolute Gasteiger partial charge is 0.456 e. The van der Waals surface area contributed by atoms with Gasteiger partial charge in [0.05, 0.1) is 10.6 Å². The topological polar surface area (TPSA) is 26.3 Å². The molecule has 0 amide bonds. The van der Waals surface area contributed by atoms with Crippen molar-refractivity contribution in [1.82, 2.24) is 0 Å². The zero-order chi connectivity index (χ0) is 16.0. The van der Waals surface area contributed by atoms with Crippen LogP contribution in [0.4, 0.5) is 0 Å². The molecule has 0 fully saturated rings. The molecule has 0 saturated carbocycles. The first-order valence-electron chi connectivity index (χ1n) is 7.65. The first kappa shape index (κ1) is 14.3. The lowest BCUT2D eigenvalue weighted by atomic mass is 10.2. The van der Waals surface area contributed by atoms with Crippen molar-refractivity contribution < 1.29 is 9.30 Å². The molecule has 3 aromatic carbocycles. The molecule has 0 unspecified atom stereocenters. The third kappa shape index (κ3) is 2.14. The number of hydrogen-bond acceptors (Lipinski definition) is 2. The van der Waals surface area contributed by atoms with Gasteiger partial charge in [0.15, 0.2) is 7.14 Å². The van der Waals surface area contributed by atoms with E-state index in [0.717, 1.165) is 27.0 Å². The van der Waals surface area contributed by atoms with Crippen molar-refractivity contribution >= 4 is 23.1 Å². The standard InChI is InChI=1S/C20H17O2P/c1-14-8-10-17-19(12-14)23(21,16-6-4-3-5-7-16)20-13-15(2)9-11-18(20)22-17/h3-13H,1-2H3. The predicted molar refractivity (Wildman–Crippen MR) is 95.4 cm³/mol. The minimum atomic E-state index is -2.92. The highest BCUT2D eigenvalue weighted by Crippen LogP contribution is 2.51. The van der Waals surface area contributed by atoms with Crippen LogP contribution in [0.5, 0.6) is 11.5 Å². The van der Waals surface area contributed by atoms with Gasteiger partial charge in [-0.05, 0) is 38.1 Å². The van der Waals surface area contributed by atoms with E-state index in [2.05, 4.69) is 0 Å². The minimum absolute atomic E-state index is 0.694. The number of ether oxygens (including phenoxy) is 1. The monoisotopic (exact) mass is 320 g/mol. The lowest BCUT2D eigenvalue weighted by molar-refractivity contribution is 0.485. The molecule has 0 N–H and O–H groups in total. The van der Waals surface area contributed by atoms with E-state index >= 15 is 0 Å². The predicted octanol–water partition coefficient (Wildman–Crippen LogP) is 4.05. The Bertz CT molecular complexity index is 890. The van der Waals surface area contributed by atoms with E-state index < -0.39 is 7.14 Å². The summed E-state index contributed by atoms with van der Waals surface area (Å²) in [6.45, 7) is 4.03. The smallest absolute Gasteiger partial charge is 0.178 e. The Balaban J connectivity index is 2.10. The fourth-order valence-corrected chi connectivity index (χ4v) is 6.12. The fourth-order valence-electron chi connectivity index (χ4n) is 3.08. The quantitative estimate of drug-likeness (QED) is 0.495. The van der Waals surface area contributed by atoms with Gasteiger partial charge in [-0.2, -0.15) is 0 Å². The highest BCUT2D eigenvalue weighted by molar-refractivity contribution is 7.85. The van der Waals surface area contributed by atoms with Crippen LogP contribution >= 0.6 is 7.14 Å². The van der Waals surface area contributed by atoms with E-state index in [1.807, 2.05) is 80.6 Å². The van der Waals surface area contributed by atoms with Gasteiger partial charge in [0.25, 0.3) is 0 Å². The third-order valence-corrected chi connectivity index (χ3v) is 7.33. The second-order valence-corrected chi connectivity index (χ2v) is 8.69. The van der Waals surface area contributed by atoms with Crippen molar-refractivity contribution in [2.45, 2.75) is 13.8 Å². The number of aryl methyl sites for hydroxylation is 2. The Morgan fingerprint density at radius 1 is 0.739 bits per heavy atom. The summed E-state index contributed by atoms with van der Waals surface area (Å²) in [7, 11) is -2.92. The summed E-state index contributed by atoms with van der Waals surface area (Å²) < 4.78 is 20.3. The molecule has 23 heavy (non-hydrogen) atoms. The minimum Gasteiger partial charge on any atom is -0.456 e. The molecule has 0 atom stereocenters. The van der Waals surface area contributed by atoms with Crippen LogP contribution in [0.3, 0.4) is 0 Å². The van der Waals surface area contributed by atoms with Crippen LogP contribution in [0.2, 0.25) is 0 Å². The van der Waals surface area contributed by atoms with Crippen molar-refractivity contribution in [2.75, 3.05) is 0 Å². The van der Waals surface area contributed by atoms with E-state index in [-0.39, 0.29) is 0 Å². The Morgan fingerprint density at radius 2 is 1.26 bits per heavy atom. The maximum absolute atomic E-state index is 14.3. The summed E-state index contributed by atoms with van der Waals surface area (Å²) in [6, 6.07) is 21.5. The lowest BCUT2D eigenvalue weighted by Gasteiger charge is -2.29. The van der Waals surface area contributed by atoms with Gasteiger partial charge in [-0.1, -0.05) is 53.6 Å². The Labute approximate surface area is 136 Å². The molecular weight excluding hydrogens is 303 g/mol. The van der Waals surface area contributed by atoms with Gasteiger partial charge >= 0.3 is 0 Å². The SMILES string of the molecule is Cc1ccc2c(c1)P(=O)(c1ccccc1)c1cc(C)ccc1O2. The number of hydrogen-bond donors (Lipinski definition) is 0. The van der Waals surface area contributed by atoms with Gasteiger partial charge in [-0.3, -0.25) is 0 Å². The first-order chi connectivity index (χ1) is 11.1. The summed E-state index contributed by atoms with van der Waals surface area (Å²) >= 11 is 0. The molecule has 0 radical (unpaired) electrons. The molecule has 3 aromatic rings. The summed E-state index contributed by atoms with van der Waals surface area (Å²) in [5.74, 6) is 1.39. The molecule has 114 valence electrons. The summed E-state index contributed by atoms with van der Waals surface area (Å²) in [5, 5.41) is 2.44. The Morgan fingerprint density at radius 3 is 1.78 bits per heavy atom. The third-order valence-electron chi connectivity index (χ3n) is 4.25. The van der Waals surface area contributed by atoms with E-state index in [9.17, 15) is 4.57 Å².